The average molecular weight is 390 g/mol. The van der Waals surface area contributed by atoms with Crippen LogP contribution in [0.5, 0.6) is 0 Å². The first-order chi connectivity index (χ1) is 12.6. The Morgan fingerprint density at radius 1 is 1.11 bits per heavy atom. The molecule has 0 spiro atoms. The van der Waals surface area contributed by atoms with E-state index in [-0.39, 0.29) is 22.2 Å². The number of halogens is 3. The Balaban J connectivity index is 2.21. The largest absolute Gasteiger partial charge is 0.446 e. The Kier molecular flexibility index (Phi) is 6.34. The van der Waals surface area contributed by atoms with Crippen LogP contribution in [0.1, 0.15) is 22.3 Å². The van der Waals surface area contributed by atoms with E-state index in [1.807, 2.05) is 39.0 Å². The highest BCUT2D eigenvalue weighted by Crippen LogP contribution is 2.36. The number of anilines is 1. The molecule has 7 heteroatoms. The van der Waals surface area contributed by atoms with Crippen molar-refractivity contribution in [3.05, 3.63) is 64.2 Å². The fraction of sp³-hybridized carbons (Fsp3) is 0.200. The van der Waals surface area contributed by atoms with Crippen molar-refractivity contribution >= 4 is 29.4 Å². The quantitative estimate of drug-likeness (QED) is 0.410. The van der Waals surface area contributed by atoms with E-state index in [0.29, 0.717) is 11.3 Å². The molecular weight excluding hydrogens is 373 g/mol. The van der Waals surface area contributed by atoms with Crippen LogP contribution in [0.4, 0.5) is 18.9 Å². The smallest absolute Gasteiger partial charge is 0.321 e. The van der Waals surface area contributed by atoms with E-state index < -0.39 is 11.4 Å². The molecule has 2 aromatic carbocycles. The first-order valence-electron chi connectivity index (χ1n) is 7.96. The number of benzene rings is 2. The number of nitrogens with one attached hydrogen (secondary N) is 1. The van der Waals surface area contributed by atoms with Crippen LogP contribution in [0.3, 0.4) is 0 Å². The predicted octanol–water partition coefficient (Wildman–Crippen LogP) is 5.77. The molecule has 0 heterocycles. The Morgan fingerprint density at radius 2 is 1.67 bits per heavy atom. The van der Waals surface area contributed by atoms with Crippen LogP contribution in [0.2, 0.25) is 0 Å². The maximum atomic E-state index is 12.4. The average Bonchev–Trinajstić information content (AvgIpc) is 2.55. The van der Waals surface area contributed by atoms with Crippen molar-refractivity contribution in [2.45, 2.75) is 31.2 Å². The molecule has 0 unspecified atom stereocenters. The highest BCUT2D eigenvalue weighted by atomic mass is 32.2. The minimum atomic E-state index is -4.36. The number of nitrogens with zero attached hydrogens (tertiary/aromatic N) is 1. The number of carbonyl (C=O) groups excluding carboxylic acids is 1. The summed E-state index contributed by atoms with van der Waals surface area (Å²) >= 11 is -0.218. The van der Waals surface area contributed by atoms with Crippen LogP contribution in [-0.2, 0) is 4.79 Å². The van der Waals surface area contributed by atoms with Crippen molar-refractivity contribution in [1.29, 1.82) is 5.26 Å². The van der Waals surface area contributed by atoms with Crippen molar-refractivity contribution in [3.8, 4) is 6.07 Å². The van der Waals surface area contributed by atoms with Gasteiger partial charge in [0, 0.05) is 10.6 Å². The number of rotatable bonds is 4. The number of thioether (sulfide) groups is 1. The van der Waals surface area contributed by atoms with Crippen LogP contribution < -0.4 is 5.32 Å². The molecule has 0 aliphatic carbocycles. The van der Waals surface area contributed by atoms with E-state index in [2.05, 4.69) is 5.32 Å². The minimum Gasteiger partial charge on any atom is -0.321 e. The summed E-state index contributed by atoms with van der Waals surface area (Å²) in [6.07, 6.45) is 1.34. The molecule has 1 amide bonds. The lowest BCUT2D eigenvalue weighted by atomic mass is 10.0. The Hall–Kier alpha value is -2.72. The Morgan fingerprint density at radius 3 is 2.15 bits per heavy atom. The van der Waals surface area contributed by atoms with Gasteiger partial charge in [-0.25, -0.2) is 0 Å². The van der Waals surface area contributed by atoms with Gasteiger partial charge in [0.25, 0.3) is 5.91 Å². The second kappa shape index (κ2) is 8.31. The fourth-order valence-corrected chi connectivity index (χ4v) is 3.18. The predicted molar refractivity (Wildman–Crippen MR) is 101 cm³/mol. The van der Waals surface area contributed by atoms with Gasteiger partial charge in [0.1, 0.15) is 11.6 Å². The number of hydrogen-bond donors (Lipinski definition) is 1. The van der Waals surface area contributed by atoms with Crippen molar-refractivity contribution in [2.24, 2.45) is 0 Å². The minimum absolute atomic E-state index is 0.0357. The molecule has 0 atom stereocenters. The van der Waals surface area contributed by atoms with Crippen molar-refractivity contribution in [1.82, 2.24) is 0 Å². The lowest BCUT2D eigenvalue weighted by molar-refractivity contribution is -0.112. The van der Waals surface area contributed by atoms with Crippen molar-refractivity contribution < 1.29 is 18.0 Å². The van der Waals surface area contributed by atoms with Gasteiger partial charge < -0.3 is 5.32 Å². The van der Waals surface area contributed by atoms with Gasteiger partial charge in [-0.05, 0) is 67.4 Å². The second-order valence-corrected chi connectivity index (χ2v) is 7.15. The maximum absolute atomic E-state index is 12.4. The zero-order valence-corrected chi connectivity index (χ0v) is 15.8. The fourth-order valence-electron chi connectivity index (χ4n) is 2.64. The number of amides is 1. The molecular formula is C20H17F3N2OS. The first kappa shape index (κ1) is 20.6. The van der Waals surface area contributed by atoms with E-state index in [1.54, 1.807) is 0 Å². The summed E-state index contributed by atoms with van der Waals surface area (Å²) in [6, 6.07) is 11.1. The van der Waals surface area contributed by atoms with Crippen LogP contribution in [0.25, 0.3) is 6.08 Å². The molecule has 0 aliphatic rings. The lowest BCUT2D eigenvalue weighted by Crippen LogP contribution is -2.15. The molecule has 2 rings (SSSR count). The number of hydrogen-bond acceptors (Lipinski definition) is 3. The lowest BCUT2D eigenvalue weighted by Gasteiger charge is -2.12. The molecule has 0 radical (unpaired) electrons. The zero-order valence-electron chi connectivity index (χ0n) is 14.9. The Bertz CT molecular complexity index is 903. The molecule has 2 aromatic rings. The molecule has 27 heavy (non-hydrogen) atoms. The van der Waals surface area contributed by atoms with Gasteiger partial charge in [0.05, 0.1) is 0 Å². The molecule has 140 valence electrons. The van der Waals surface area contributed by atoms with Gasteiger partial charge in [-0.15, -0.1) is 0 Å². The SMILES string of the molecule is Cc1cc(C)c(NC(=O)/C(C#N)=C/c2ccc(SC(F)(F)F)cc2)c(C)c1. The van der Waals surface area contributed by atoms with Crippen LogP contribution in [0, 0.1) is 32.1 Å². The molecule has 0 aromatic heterocycles. The highest BCUT2D eigenvalue weighted by molar-refractivity contribution is 8.00. The van der Waals surface area contributed by atoms with E-state index in [1.165, 1.54) is 30.3 Å². The van der Waals surface area contributed by atoms with Crippen molar-refractivity contribution in [2.75, 3.05) is 5.32 Å². The number of nitriles is 1. The normalized spacial score (nSPS) is 11.8. The standard InChI is InChI=1S/C20H17F3N2OS/c1-12-8-13(2)18(14(3)9-12)25-19(26)16(11-24)10-15-4-6-17(7-5-15)27-20(21,22)23/h4-10H,1-3H3,(H,25,26)/b16-10+. The van der Waals surface area contributed by atoms with Gasteiger partial charge >= 0.3 is 5.51 Å². The third-order valence-electron chi connectivity index (χ3n) is 3.71. The van der Waals surface area contributed by atoms with Crippen LogP contribution in [-0.4, -0.2) is 11.4 Å². The topological polar surface area (TPSA) is 52.9 Å². The van der Waals surface area contributed by atoms with Gasteiger partial charge in [0.2, 0.25) is 0 Å². The molecule has 0 aliphatic heterocycles. The van der Waals surface area contributed by atoms with Crippen molar-refractivity contribution in [3.63, 3.8) is 0 Å². The van der Waals surface area contributed by atoms with E-state index >= 15 is 0 Å². The third kappa shape index (κ3) is 5.90. The summed E-state index contributed by atoms with van der Waals surface area (Å²) in [4.78, 5) is 12.5. The molecule has 0 bridgehead atoms. The van der Waals surface area contributed by atoms with Gasteiger partial charge in [-0.3, -0.25) is 4.79 Å². The summed E-state index contributed by atoms with van der Waals surface area (Å²) < 4.78 is 37.1. The summed E-state index contributed by atoms with van der Waals surface area (Å²) in [6.45, 7) is 5.68. The van der Waals surface area contributed by atoms with E-state index in [4.69, 9.17) is 0 Å². The van der Waals surface area contributed by atoms with Crippen LogP contribution in [0.15, 0.2) is 46.9 Å². The molecule has 3 nitrogen and oxygen atoms in total. The molecule has 0 fully saturated rings. The highest BCUT2D eigenvalue weighted by Gasteiger charge is 2.29. The molecule has 1 N–H and O–H groups in total. The molecule has 0 saturated carbocycles. The number of carbonyl (C=O) groups is 1. The number of alkyl halides is 3. The summed E-state index contributed by atoms with van der Waals surface area (Å²) in [5.41, 5.74) is -0.562. The third-order valence-corrected chi connectivity index (χ3v) is 4.44. The monoisotopic (exact) mass is 390 g/mol. The summed E-state index contributed by atoms with van der Waals surface area (Å²) in [5, 5.41) is 12.0. The Labute approximate surface area is 159 Å². The maximum Gasteiger partial charge on any atom is 0.446 e. The van der Waals surface area contributed by atoms with Gasteiger partial charge in [0.15, 0.2) is 0 Å². The summed E-state index contributed by atoms with van der Waals surface area (Å²) in [7, 11) is 0. The van der Waals surface area contributed by atoms with Gasteiger partial charge in [-0.2, -0.15) is 18.4 Å². The second-order valence-electron chi connectivity index (χ2n) is 6.01. The zero-order chi connectivity index (χ0) is 20.2. The van der Waals surface area contributed by atoms with E-state index in [9.17, 15) is 23.2 Å². The summed E-state index contributed by atoms with van der Waals surface area (Å²) in [5.74, 6) is -0.568. The molecule has 0 saturated heterocycles. The first-order valence-corrected chi connectivity index (χ1v) is 8.77. The van der Waals surface area contributed by atoms with E-state index in [0.717, 1.165) is 16.7 Å². The van der Waals surface area contributed by atoms with Crippen LogP contribution >= 0.6 is 11.8 Å². The number of aryl methyl sites for hydroxylation is 3. The van der Waals surface area contributed by atoms with Gasteiger partial charge in [-0.1, -0.05) is 29.8 Å².